The molecule has 2 aromatic rings. The third kappa shape index (κ3) is 4.49. The van der Waals surface area contributed by atoms with E-state index in [-0.39, 0.29) is 25.0 Å². The predicted octanol–water partition coefficient (Wildman–Crippen LogP) is 3.81. The number of hydrogen-bond donors (Lipinski definition) is 2. The molecule has 1 unspecified atom stereocenters. The first kappa shape index (κ1) is 19.7. The minimum atomic E-state index is -1.56. The second-order valence-corrected chi connectivity index (χ2v) is 6.34. The van der Waals surface area contributed by atoms with E-state index in [1.807, 2.05) is 0 Å². The Labute approximate surface area is 157 Å². The fraction of sp³-hybridized carbons (Fsp3) is 0.250. The molecular formula is C20H20ClNO4. The molecule has 0 spiro atoms. The number of carboxylic acid groups (broad SMARTS) is 1. The molecule has 0 heterocycles. The lowest BCUT2D eigenvalue weighted by Gasteiger charge is -2.30. The largest absolute Gasteiger partial charge is 0.479 e. The van der Waals surface area contributed by atoms with Gasteiger partial charge < -0.3 is 10.4 Å². The number of aliphatic carboxylic acids is 1. The van der Waals surface area contributed by atoms with Gasteiger partial charge in [0.05, 0.1) is 0 Å². The summed E-state index contributed by atoms with van der Waals surface area (Å²) in [4.78, 5) is 36.4. The monoisotopic (exact) mass is 373 g/mol. The molecule has 0 bridgehead atoms. The lowest BCUT2D eigenvalue weighted by molar-refractivity contribution is -0.148. The van der Waals surface area contributed by atoms with Crippen LogP contribution in [-0.2, 0) is 15.1 Å². The summed E-state index contributed by atoms with van der Waals surface area (Å²) in [6.45, 7) is 1.68. The number of amides is 1. The zero-order chi connectivity index (χ0) is 19.2. The van der Waals surface area contributed by atoms with Crippen LogP contribution in [0.1, 0.15) is 42.1 Å². The van der Waals surface area contributed by atoms with Gasteiger partial charge in [0.25, 0.3) is 0 Å². The van der Waals surface area contributed by atoms with E-state index in [2.05, 4.69) is 5.32 Å². The number of benzene rings is 2. The second-order valence-electron chi connectivity index (χ2n) is 5.91. The fourth-order valence-corrected chi connectivity index (χ4v) is 2.85. The van der Waals surface area contributed by atoms with E-state index in [1.165, 1.54) is 0 Å². The summed E-state index contributed by atoms with van der Waals surface area (Å²) in [7, 11) is 0. The van der Waals surface area contributed by atoms with Crippen LogP contribution in [0.15, 0.2) is 54.6 Å². The number of halogens is 1. The molecule has 136 valence electrons. The molecule has 1 amide bonds. The quantitative estimate of drug-likeness (QED) is 0.689. The number of carbonyl (C=O) groups excluding carboxylic acids is 2. The molecule has 0 radical (unpaired) electrons. The van der Waals surface area contributed by atoms with Crippen molar-refractivity contribution in [2.75, 3.05) is 0 Å². The van der Waals surface area contributed by atoms with Crippen LogP contribution in [0.5, 0.6) is 0 Å². The van der Waals surface area contributed by atoms with Gasteiger partial charge in [-0.2, -0.15) is 0 Å². The van der Waals surface area contributed by atoms with Crippen molar-refractivity contribution >= 4 is 29.3 Å². The molecule has 2 aromatic carbocycles. The lowest BCUT2D eigenvalue weighted by atomic mass is 9.87. The van der Waals surface area contributed by atoms with E-state index in [4.69, 9.17) is 11.6 Å². The number of ketones is 1. The summed E-state index contributed by atoms with van der Waals surface area (Å²) >= 11 is 5.86. The molecule has 5 nitrogen and oxygen atoms in total. The van der Waals surface area contributed by atoms with Crippen molar-refractivity contribution in [3.05, 3.63) is 70.7 Å². The fourth-order valence-electron chi connectivity index (χ4n) is 2.72. The van der Waals surface area contributed by atoms with Crippen LogP contribution in [0.25, 0.3) is 0 Å². The molecule has 0 fully saturated rings. The van der Waals surface area contributed by atoms with Gasteiger partial charge in [-0.25, -0.2) is 4.79 Å². The Morgan fingerprint density at radius 1 is 1.00 bits per heavy atom. The summed E-state index contributed by atoms with van der Waals surface area (Å²) in [5.41, 5.74) is -0.602. The summed E-state index contributed by atoms with van der Waals surface area (Å²) in [5.74, 6) is -1.82. The smallest absolute Gasteiger partial charge is 0.334 e. The standard InChI is InChI=1S/C20H20ClNO4/c1-2-20(19(25)26,15-8-10-16(21)11-9-15)22-18(24)13-12-17(23)14-6-4-3-5-7-14/h3-11H,2,12-13H2,1H3,(H,22,24)(H,25,26). The number of Topliss-reactive ketones (excluding diaryl/α,β-unsaturated/α-hetero) is 1. The van der Waals surface area contributed by atoms with Gasteiger partial charge in [0.2, 0.25) is 5.91 Å². The maximum Gasteiger partial charge on any atom is 0.334 e. The first-order valence-electron chi connectivity index (χ1n) is 8.27. The van der Waals surface area contributed by atoms with E-state index in [0.29, 0.717) is 16.1 Å². The predicted molar refractivity (Wildman–Crippen MR) is 99.2 cm³/mol. The van der Waals surface area contributed by atoms with Crippen molar-refractivity contribution in [2.24, 2.45) is 0 Å². The molecular weight excluding hydrogens is 354 g/mol. The summed E-state index contributed by atoms with van der Waals surface area (Å²) in [6.07, 6.45) is 0.0779. The van der Waals surface area contributed by atoms with Gasteiger partial charge in [0, 0.05) is 23.4 Å². The van der Waals surface area contributed by atoms with Crippen LogP contribution in [-0.4, -0.2) is 22.8 Å². The van der Waals surface area contributed by atoms with E-state index >= 15 is 0 Å². The molecule has 0 aliphatic rings. The van der Waals surface area contributed by atoms with Crippen LogP contribution in [0, 0.1) is 0 Å². The Bertz CT molecular complexity index is 789. The van der Waals surface area contributed by atoms with Crippen LogP contribution >= 0.6 is 11.6 Å². The topological polar surface area (TPSA) is 83.5 Å². The van der Waals surface area contributed by atoms with Gasteiger partial charge in [-0.3, -0.25) is 9.59 Å². The lowest BCUT2D eigenvalue weighted by Crippen LogP contribution is -2.51. The number of nitrogens with one attached hydrogen (secondary N) is 1. The maximum absolute atomic E-state index is 12.3. The normalized spacial score (nSPS) is 12.8. The van der Waals surface area contributed by atoms with Crippen molar-refractivity contribution in [1.29, 1.82) is 0 Å². The van der Waals surface area contributed by atoms with Crippen molar-refractivity contribution in [2.45, 2.75) is 31.7 Å². The third-order valence-electron chi connectivity index (χ3n) is 4.26. The molecule has 0 saturated carbocycles. The number of hydrogen-bond acceptors (Lipinski definition) is 3. The SMILES string of the molecule is CCC(NC(=O)CCC(=O)c1ccccc1)(C(=O)O)c1ccc(Cl)cc1. The van der Waals surface area contributed by atoms with Crippen molar-refractivity contribution in [1.82, 2.24) is 5.32 Å². The molecule has 0 aliphatic carbocycles. The molecule has 2 N–H and O–H groups in total. The molecule has 0 saturated heterocycles. The zero-order valence-corrected chi connectivity index (χ0v) is 15.1. The Balaban J connectivity index is 2.11. The van der Waals surface area contributed by atoms with Gasteiger partial charge in [0.15, 0.2) is 11.3 Å². The van der Waals surface area contributed by atoms with Crippen LogP contribution in [0.4, 0.5) is 0 Å². The second kappa shape index (κ2) is 8.63. The van der Waals surface area contributed by atoms with Gasteiger partial charge in [-0.15, -0.1) is 0 Å². The van der Waals surface area contributed by atoms with Crippen LogP contribution < -0.4 is 5.32 Å². The summed E-state index contributed by atoms with van der Waals surface area (Å²) < 4.78 is 0. The third-order valence-corrected chi connectivity index (χ3v) is 4.51. The number of carbonyl (C=O) groups is 3. The van der Waals surface area contributed by atoms with E-state index in [0.717, 1.165) is 0 Å². The highest BCUT2D eigenvalue weighted by molar-refractivity contribution is 6.30. The van der Waals surface area contributed by atoms with E-state index < -0.39 is 17.4 Å². The number of rotatable bonds is 8. The summed E-state index contributed by atoms with van der Waals surface area (Å²) in [6, 6.07) is 15.0. The first-order chi connectivity index (χ1) is 12.4. The Morgan fingerprint density at radius 2 is 1.62 bits per heavy atom. The Kier molecular flexibility index (Phi) is 6.52. The van der Waals surface area contributed by atoms with Crippen molar-refractivity contribution < 1.29 is 19.5 Å². The van der Waals surface area contributed by atoms with Crippen LogP contribution in [0.2, 0.25) is 5.02 Å². The van der Waals surface area contributed by atoms with E-state index in [9.17, 15) is 19.5 Å². The first-order valence-corrected chi connectivity index (χ1v) is 8.65. The Hall–Kier alpha value is -2.66. The highest BCUT2D eigenvalue weighted by atomic mass is 35.5. The highest BCUT2D eigenvalue weighted by Gasteiger charge is 2.40. The number of carboxylic acids is 1. The molecule has 26 heavy (non-hydrogen) atoms. The van der Waals surface area contributed by atoms with Gasteiger partial charge in [0.1, 0.15) is 0 Å². The van der Waals surface area contributed by atoms with Gasteiger partial charge in [-0.05, 0) is 24.1 Å². The van der Waals surface area contributed by atoms with Gasteiger partial charge >= 0.3 is 5.97 Å². The van der Waals surface area contributed by atoms with Gasteiger partial charge in [-0.1, -0.05) is 61.0 Å². The highest BCUT2D eigenvalue weighted by Crippen LogP contribution is 2.27. The molecule has 0 aromatic heterocycles. The van der Waals surface area contributed by atoms with Crippen molar-refractivity contribution in [3.63, 3.8) is 0 Å². The van der Waals surface area contributed by atoms with Crippen LogP contribution in [0.3, 0.4) is 0 Å². The maximum atomic E-state index is 12.3. The Morgan fingerprint density at radius 3 is 2.15 bits per heavy atom. The average molecular weight is 374 g/mol. The summed E-state index contributed by atoms with van der Waals surface area (Å²) in [5, 5.41) is 12.8. The minimum Gasteiger partial charge on any atom is -0.479 e. The molecule has 0 aliphatic heterocycles. The zero-order valence-electron chi connectivity index (χ0n) is 14.4. The average Bonchev–Trinajstić information content (AvgIpc) is 2.65. The molecule has 2 rings (SSSR count). The minimum absolute atomic E-state index is 0.00980. The molecule has 1 atom stereocenters. The van der Waals surface area contributed by atoms with Crippen molar-refractivity contribution in [3.8, 4) is 0 Å². The van der Waals surface area contributed by atoms with E-state index in [1.54, 1.807) is 61.5 Å². The molecule has 6 heteroatoms.